The van der Waals surface area contributed by atoms with Crippen molar-refractivity contribution in [2.24, 2.45) is 0 Å². The van der Waals surface area contributed by atoms with Gasteiger partial charge in [-0.1, -0.05) is 121 Å². The topological polar surface area (TPSA) is 57.2 Å². The number of hydrogen-bond acceptors (Lipinski definition) is 3. The van der Waals surface area contributed by atoms with Crippen molar-refractivity contribution in [3.05, 3.63) is 41.5 Å². The Bertz CT molecular complexity index is 909. The smallest absolute Gasteiger partial charge is 0.744 e. The highest BCUT2D eigenvalue weighted by Crippen LogP contribution is 2.32. The first-order chi connectivity index (χ1) is 15.5. The number of fused-ring (bicyclic) bond motifs is 1. The molecule has 0 aliphatic carbocycles. The highest BCUT2D eigenvalue weighted by molar-refractivity contribution is 7.86. The zero-order valence-electron chi connectivity index (χ0n) is 21.3. The van der Waals surface area contributed by atoms with Gasteiger partial charge in [0.05, 0.1) is 4.90 Å². The van der Waals surface area contributed by atoms with Gasteiger partial charge >= 0.3 is 1.43 Å². The third-order valence-corrected chi connectivity index (χ3v) is 7.49. The van der Waals surface area contributed by atoms with Crippen molar-refractivity contribution in [1.82, 2.24) is 0 Å². The van der Waals surface area contributed by atoms with E-state index in [9.17, 15) is 13.0 Å². The minimum Gasteiger partial charge on any atom is -0.744 e. The summed E-state index contributed by atoms with van der Waals surface area (Å²) in [7, 11) is -4.53. The second-order valence-electron chi connectivity index (χ2n) is 9.26. The fraction of sp³-hybridized carbons (Fsp3) is 0.643. The summed E-state index contributed by atoms with van der Waals surface area (Å²) in [5, 5.41) is 1.45. The van der Waals surface area contributed by atoms with Crippen LogP contribution in [0.15, 0.2) is 35.2 Å². The van der Waals surface area contributed by atoms with Gasteiger partial charge in [0.15, 0.2) is 0 Å². The van der Waals surface area contributed by atoms with E-state index in [1.807, 2.05) is 18.2 Å². The van der Waals surface area contributed by atoms with Crippen molar-refractivity contribution in [3.63, 3.8) is 0 Å². The van der Waals surface area contributed by atoms with Crippen LogP contribution in [0.5, 0.6) is 0 Å². The molecule has 0 amide bonds. The van der Waals surface area contributed by atoms with Crippen LogP contribution < -0.4 is 0 Å². The molecular weight excluding hydrogens is 416 g/mol. The molecule has 0 heterocycles. The summed E-state index contributed by atoms with van der Waals surface area (Å²) in [4.78, 5) is 0.0412. The SMILES string of the molecule is CCCCCCCCCc1cc2ccccc2c(S(=O)(=O)[O-])c1CCCCCCCCC.[H+]. The quantitative estimate of drug-likeness (QED) is 0.176. The Morgan fingerprint density at radius 2 is 1.22 bits per heavy atom. The number of aryl methyl sites for hydroxylation is 1. The van der Waals surface area contributed by atoms with E-state index in [4.69, 9.17) is 0 Å². The fourth-order valence-electron chi connectivity index (χ4n) is 4.73. The molecule has 0 spiro atoms. The summed E-state index contributed by atoms with van der Waals surface area (Å²) in [6.07, 6.45) is 18.4. The molecule has 3 nitrogen and oxygen atoms in total. The summed E-state index contributed by atoms with van der Waals surface area (Å²) in [6.45, 7) is 4.45. The molecule has 0 N–H and O–H groups in total. The lowest BCUT2D eigenvalue weighted by Gasteiger charge is -2.20. The normalized spacial score (nSPS) is 12.0. The summed E-state index contributed by atoms with van der Waals surface area (Å²) >= 11 is 0. The van der Waals surface area contributed by atoms with Crippen molar-refractivity contribution in [1.29, 1.82) is 0 Å². The summed E-state index contributed by atoms with van der Waals surface area (Å²) in [5.41, 5.74) is 1.86. The van der Waals surface area contributed by atoms with Crippen LogP contribution in [-0.2, 0) is 23.0 Å². The summed E-state index contributed by atoms with van der Waals surface area (Å²) in [6, 6.07) is 9.58. The van der Waals surface area contributed by atoms with Gasteiger partial charge in [0.2, 0.25) is 0 Å². The highest BCUT2D eigenvalue weighted by atomic mass is 32.2. The van der Waals surface area contributed by atoms with Gasteiger partial charge in [-0.15, -0.1) is 0 Å². The molecule has 2 rings (SSSR count). The third kappa shape index (κ3) is 8.86. The first kappa shape index (κ1) is 26.9. The molecule has 2 aromatic carbocycles. The Morgan fingerprint density at radius 1 is 0.719 bits per heavy atom. The lowest BCUT2D eigenvalue weighted by atomic mass is 9.93. The van der Waals surface area contributed by atoms with E-state index in [0.717, 1.165) is 48.6 Å². The van der Waals surface area contributed by atoms with Gasteiger partial charge in [0, 0.05) is 0 Å². The lowest BCUT2D eigenvalue weighted by Crippen LogP contribution is -2.09. The molecule has 0 atom stereocenters. The van der Waals surface area contributed by atoms with Gasteiger partial charge in [-0.3, -0.25) is 0 Å². The van der Waals surface area contributed by atoms with Crippen molar-refractivity contribution >= 4 is 20.9 Å². The molecule has 0 radical (unpaired) electrons. The molecule has 2 aromatic rings. The lowest BCUT2D eigenvalue weighted by molar-refractivity contribution is 0.462. The number of unbranched alkanes of at least 4 members (excludes halogenated alkanes) is 12. The van der Waals surface area contributed by atoms with Crippen LogP contribution in [0.4, 0.5) is 0 Å². The first-order valence-electron chi connectivity index (χ1n) is 13.0. The second kappa shape index (κ2) is 14.7. The van der Waals surface area contributed by atoms with Crippen LogP contribution >= 0.6 is 0 Å². The zero-order valence-corrected chi connectivity index (χ0v) is 21.1. The van der Waals surface area contributed by atoms with E-state index >= 15 is 0 Å². The summed E-state index contributed by atoms with van der Waals surface area (Å²) in [5.74, 6) is 0. The number of hydrogen-bond donors (Lipinski definition) is 0. The maximum absolute atomic E-state index is 12.3. The Kier molecular flexibility index (Phi) is 12.3. The van der Waals surface area contributed by atoms with E-state index in [0.29, 0.717) is 11.8 Å². The zero-order chi connectivity index (χ0) is 23.2. The number of rotatable bonds is 17. The van der Waals surface area contributed by atoms with Crippen LogP contribution in [0, 0.1) is 0 Å². The third-order valence-electron chi connectivity index (χ3n) is 6.53. The van der Waals surface area contributed by atoms with Gasteiger partial charge in [-0.05, 0) is 47.6 Å². The molecule has 0 unspecified atom stereocenters. The fourth-order valence-corrected chi connectivity index (χ4v) is 5.72. The van der Waals surface area contributed by atoms with Crippen LogP contribution in [0.25, 0.3) is 10.8 Å². The van der Waals surface area contributed by atoms with Gasteiger partial charge in [-0.2, -0.15) is 0 Å². The van der Waals surface area contributed by atoms with Crippen molar-refractivity contribution < 1.29 is 14.4 Å². The molecule has 32 heavy (non-hydrogen) atoms. The van der Waals surface area contributed by atoms with Crippen molar-refractivity contribution in [2.45, 2.75) is 121 Å². The van der Waals surface area contributed by atoms with Gasteiger partial charge in [-0.25, -0.2) is 8.42 Å². The van der Waals surface area contributed by atoms with Gasteiger partial charge < -0.3 is 4.55 Å². The minimum atomic E-state index is -4.53. The predicted molar refractivity (Wildman–Crippen MR) is 136 cm³/mol. The molecule has 180 valence electrons. The Morgan fingerprint density at radius 3 is 1.78 bits per heavy atom. The van der Waals surface area contributed by atoms with Gasteiger partial charge in [0.25, 0.3) is 0 Å². The second-order valence-corrected chi connectivity index (χ2v) is 10.6. The van der Waals surface area contributed by atoms with Crippen LogP contribution in [0.1, 0.15) is 116 Å². The Labute approximate surface area is 198 Å². The monoisotopic (exact) mass is 460 g/mol. The Balaban J connectivity index is 0.00000544. The van der Waals surface area contributed by atoms with Crippen LogP contribution in [0.2, 0.25) is 0 Å². The maximum atomic E-state index is 12.3. The standard InChI is InChI=1S/C28H44O3S/c1-3-5-7-9-11-13-15-19-24-23-25-20-17-18-22-27(25)28(32(29,30)31)26(24)21-16-14-12-10-8-6-4-2/h17-18,20,22-23H,3-16,19,21H2,1-2H3,(H,29,30,31). The average Bonchev–Trinajstić information content (AvgIpc) is 2.76. The Hall–Kier alpha value is -1.39. The molecule has 0 saturated carbocycles. The largest absolute Gasteiger partial charge is 1.00 e. The summed E-state index contributed by atoms with van der Waals surface area (Å²) < 4.78 is 37.0. The van der Waals surface area contributed by atoms with Crippen molar-refractivity contribution in [2.75, 3.05) is 0 Å². The van der Waals surface area contributed by atoms with E-state index < -0.39 is 10.1 Å². The molecule has 0 saturated heterocycles. The van der Waals surface area contributed by atoms with Crippen LogP contribution in [-0.4, -0.2) is 13.0 Å². The first-order valence-corrected chi connectivity index (χ1v) is 14.4. The number of benzene rings is 2. The molecule has 0 fully saturated rings. The molecule has 0 bridgehead atoms. The van der Waals surface area contributed by atoms with Crippen molar-refractivity contribution in [3.8, 4) is 0 Å². The molecule has 4 heteroatoms. The molecular formula is C28H44O3S. The van der Waals surface area contributed by atoms with E-state index in [1.165, 1.54) is 64.2 Å². The maximum Gasteiger partial charge on any atom is 1.00 e. The average molecular weight is 461 g/mol. The highest BCUT2D eigenvalue weighted by Gasteiger charge is 2.18. The van der Waals surface area contributed by atoms with E-state index in [-0.39, 0.29) is 6.32 Å². The predicted octanol–water partition coefficient (Wildman–Crippen LogP) is 8.44. The van der Waals surface area contributed by atoms with E-state index in [2.05, 4.69) is 19.9 Å². The minimum absolute atomic E-state index is 0. The molecule has 0 aliphatic rings. The molecule has 0 aliphatic heterocycles. The van der Waals surface area contributed by atoms with E-state index in [1.54, 1.807) is 6.07 Å². The van der Waals surface area contributed by atoms with Crippen LogP contribution in [0.3, 0.4) is 0 Å². The van der Waals surface area contributed by atoms with Gasteiger partial charge in [0.1, 0.15) is 10.1 Å². The molecule has 0 aromatic heterocycles.